The van der Waals surface area contributed by atoms with E-state index in [1.807, 2.05) is 0 Å². The lowest BCUT2D eigenvalue weighted by Crippen LogP contribution is -2.40. The molecule has 16 heavy (non-hydrogen) atoms. The first kappa shape index (κ1) is 10.9. The normalized spacial score (nSPS) is 15.9. The quantitative estimate of drug-likeness (QED) is 0.699. The van der Waals surface area contributed by atoms with Gasteiger partial charge in [0.1, 0.15) is 5.82 Å². The van der Waals surface area contributed by atoms with Crippen LogP contribution in [0, 0.1) is 0 Å². The minimum atomic E-state index is -0.392. The molecule has 0 unspecified atom stereocenters. The van der Waals surface area contributed by atoms with E-state index in [9.17, 15) is 4.79 Å². The van der Waals surface area contributed by atoms with Gasteiger partial charge in [0.15, 0.2) is 5.69 Å². The lowest BCUT2D eigenvalue weighted by Gasteiger charge is -2.27. The molecule has 2 rings (SSSR count). The number of nitrogens with one attached hydrogen (secondary N) is 1. The SMILES string of the molecule is CCOC(=O)c1nn(C)c(N)c1C1CNC1. The molecular weight excluding hydrogens is 208 g/mol. The number of ether oxygens (including phenoxy) is 1. The molecule has 3 N–H and O–H groups in total. The van der Waals surface area contributed by atoms with Crippen LogP contribution in [0.25, 0.3) is 0 Å². The Hall–Kier alpha value is -1.56. The van der Waals surface area contributed by atoms with Crippen LogP contribution in [0.15, 0.2) is 0 Å². The molecule has 1 fully saturated rings. The number of esters is 1. The van der Waals surface area contributed by atoms with E-state index in [4.69, 9.17) is 10.5 Å². The second kappa shape index (κ2) is 4.13. The van der Waals surface area contributed by atoms with Crippen LogP contribution in [-0.4, -0.2) is 35.4 Å². The van der Waals surface area contributed by atoms with Crippen LogP contribution in [0.2, 0.25) is 0 Å². The summed E-state index contributed by atoms with van der Waals surface area (Å²) in [7, 11) is 1.73. The Morgan fingerprint density at radius 1 is 1.69 bits per heavy atom. The molecule has 0 spiro atoms. The van der Waals surface area contributed by atoms with E-state index in [1.165, 1.54) is 4.68 Å². The van der Waals surface area contributed by atoms with Crippen LogP contribution in [0.4, 0.5) is 5.82 Å². The third-order valence-corrected chi connectivity index (χ3v) is 2.79. The molecule has 0 aliphatic carbocycles. The van der Waals surface area contributed by atoms with E-state index in [2.05, 4.69) is 10.4 Å². The number of hydrogen-bond donors (Lipinski definition) is 2. The van der Waals surface area contributed by atoms with Crippen LogP contribution < -0.4 is 11.1 Å². The predicted molar refractivity (Wildman–Crippen MR) is 59.2 cm³/mol. The Balaban J connectivity index is 2.35. The summed E-state index contributed by atoms with van der Waals surface area (Å²) in [6.45, 7) is 3.79. The fraction of sp³-hybridized carbons (Fsp3) is 0.600. The van der Waals surface area contributed by atoms with Gasteiger partial charge in [-0.1, -0.05) is 0 Å². The minimum Gasteiger partial charge on any atom is -0.461 e. The molecule has 1 aliphatic rings. The second-order valence-corrected chi connectivity index (χ2v) is 3.85. The molecule has 0 bridgehead atoms. The molecule has 1 saturated heterocycles. The third kappa shape index (κ3) is 1.65. The molecular formula is C10H16N4O2. The average Bonchev–Trinajstić information content (AvgIpc) is 2.44. The monoisotopic (exact) mass is 224 g/mol. The molecule has 0 aromatic carbocycles. The van der Waals surface area contributed by atoms with Gasteiger partial charge in [0.05, 0.1) is 6.61 Å². The van der Waals surface area contributed by atoms with Gasteiger partial charge < -0.3 is 15.8 Å². The Labute approximate surface area is 93.8 Å². The zero-order chi connectivity index (χ0) is 11.7. The van der Waals surface area contributed by atoms with Crippen molar-refractivity contribution >= 4 is 11.8 Å². The maximum atomic E-state index is 11.7. The Bertz CT molecular complexity index is 409. The average molecular weight is 224 g/mol. The lowest BCUT2D eigenvalue weighted by molar-refractivity contribution is 0.0516. The second-order valence-electron chi connectivity index (χ2n) is 3.85. The number of nitrogens with two attached hydrogens (primary N) is 1. The zero-order valence-corrected chi connectivity index (χ0v) is 9.49. The lowest BCUT2D eigenvalue weighted by atomic mass is 9.93. The molecule has 6 heteroatoms. The number of carbonyl (C=O) groups excluding carboxylic acids is 1. The van der Waals surface area contributed by atoms with E-state index < -0.39 is 5.97 Å². The molecule has 1 aromatic rings. The first-order valence-electron chi connectivity index (χ1n) is 5.35. The molecule has 0 saturated carbocycles. The van der Waals surface area contributed by atoms with Crippen LogP contribution in [0.3, 0.4) is 0 Å². The van der Waals surface area contributed by atoms with E-state index in [1.54, 1.807) is 14.0 Å². The van der Waals surface area contributed by atoms with Crippen molar-refractivity contribution in [2.45, 2.75) is 12.8 Å². The van der Waals surface area contributed by atoms with Crippen LogP contribution in [-0.2, 0) is 11.8 Å². The Morgan fingerprint density at radius 2 is 2.38 bits per heavy atom. The van der Waals surface area contributed by atoms with Crippen molar-refractivity contribution in [3.63, 3.8) is 0 Å². The van der Waals surface area contributed by atoms with E-state index in [0.717, 1.165) is 18.7 Å². The van der Waals surface area contributed by atoms with Gasteiger partial charge in [0.2, 0.25) is 0 Å². The molecule has 0 radical (unpaired) electrons. The van der Waals surface area contributed by atoms with Gasteiger partial charge in [-0.05, 0) is 6.92 Å². The maximum absolute atomic E-state index is 11.7. The molecule has 88 valence electrons. The summed E-state index contributed by atoms with van der Waals surface area (Å²) in [5.41, 5.74) is 7.09. The van der Waals surface area contributed by atoms with Gasteiger partial charge >= 0.3 is 5.97 Å². The standard InChI is InChI=1S/C10H16N4O2/c1-3-16-10(15)8-7(6-4-12-5-6)9(11)14(2)13-8/h6,12H,3-5,11H2,1-2H3. The van der Waals surface area contributed by atoms with Gasteiger partial charge in [0, 0.05) is 31.6 Å². The van der Waals surface area contributed by atoms with Crippen molar-refractivity contribution in [1.82, 2.24) is 15.1 Å². The van der Waals surface area contributed by atoms with Crippen molar-refractivity contribution in [1.29, 1.82) is 0 Å². The summed E-state index contributed by atoms with van der Waals surface area (Å²) in [5, 5.41) is 7.27. The summed E-state index contributed by atoms with van der Waals surface area (Å²) in [4.78, 5) is 11.7. The summed E-state index contributed by atoms with van der Waals surface area (Å²) < 4.78 is 6.49. The topological polar surface area (TPSA) is 82.2 Å². The fourth-order valence-corrected chi connectivity index (χ4v) is 1.80. The van der Waals surface area contributed by atoms with E-state index in [-0.39, 0.29) is 5.92 Å². The van der Waals surface area contributed by atoms with Crippen LogP contribution >= 0.6 is 0 Å². The highest BCUT2D eigenvalue weighted by atomic mass is 16.5. The van der Waals surface area contributed by atoms with Crippen LogP contribution in [0.5, 0.6) is 0 Å². The van der Waals surface area contributed by atoms with Gasteiger partial charge in [-0.15, -0.1) is 0 Å². The fourth-order valence-electron chi connectivity index (χ4n) is 1.80. The molecule has 0 amide bonds. The molecule has 6 nitrogen and oxygen atoms in total. The van der Waals surface area contributed by atoms with Crippen molar-refractivity contribution in [2.75, 3.05) is 25.4 Å². The van der Waals surface area contributed by atoms with Crippen molar-refractivity contribution in [3.8, 4) is 0 Å². The number of aromatic nitrogens is 2. The molecule has 1 aliphatic heterocycles. The number of aryl methyl sites for hydroxylation is 1. The number of rotatable bonds is 3. The number of carbonyl (C=O) groups is 1. The molecule has 0 atom stereocenters. The van der Waals surface area contributed by atoms with E-state index >= 15 is 0 Å². The first-order chi connectivity index (χ1) is 7.65. The maximum Gasteiger partial charge on any atom is 0.359 e. The van der Waals surface area contributed by atoms with Gasteiger partial charge in [-0.2, -0.15) is 5.10 Å². The summed E-state index contributed by atoms with van der Waals surface area (Å²) >= 11 is 0. The number of anilines is 1. The van der Waals surface area contributed by atoms with Gasteiger partial charge in [-0.25, -0.2) is 4.79 Å². The molecule has 2 heterocycles. The third-order valence-electron chi connectivity index (χ3n) is 2.79. The largest absolute Gasteiger partial charge is 0.461 e. The summed E-state index contributed by atoms with van der Waals surface area (Å²) in [5.74, 6) is 0.430. The van der Waals surface area contributed by atoms with Crippen molar-refractivity contribution < 1.29 is 9.53 Å². The van der Waals surface area contributed by atoms with Gasteiger partial charge in [0.25, 0.3) is 0 Å². The van der Waals surface area contributed by atoms with Crippen molar-refractivity contribution in [3.05, 3.63) is 11.3 Å². The highest BCUT2D eigenvalue weighted by molar-refractivity contribution is 5.90. The molecule has 1 aromatic heterocycles. The zero-order valence-electron chi connectivity index (χ0n) is 9.49. The number of nitrogens with zero attached hydrogens (tertiary/aromatic N) is 2. The number of nitrogen functional groups attached to an aromatic ring is 1. The van der Waals surface area contributed by atoms with Gasteiger partial charge in [-0.3, -0.25) is 4.68 Å². The highest BCUT2D eigenvalue weighted by Crippen LogP contribution is 2.29. The van der Waals surface area contributed by atoms with Crippen LogP contribution in [0.1, 0.15) is 28.9 Å². The van der Waals surface area contributed by atoms with E-state index in [0.29, 0.717) is 18.1 Å². The smallest absolute Gasteiger partial charge is 0.359 e. The predicted octanol–water partition coefficient (Wildman–Crippen LogP) is -0.134. The van der Waals surface area contributed by atoms with Crippen molar-refractivity contribution in [2.24, 2.45) is 7.05 Å². The number of hydrogen-bond acceptors (Lipinski definition) is 5. The minimum absolute atomic E-state index is 0.271. The summed E-state index contributed by atoms with van der Waals surface area (Å²) in [6.07, 6.45) is 0. The first-order valence-corrected chi connectivity index (χ1v) is 5.35. The summed E-state index contributed by atoms with van der Waals surface area (Å²) in [6, 6.07) is 0. The highest BCUT2D eigenvalue weighted by Gasteiger charge is 2.30. The Morgan fingerprint density at radius 3 is 2.88 bits per heavy atom. The Kier molecular flexibility index (Phi) is 2.82.